The fourth-order valence-electron chi connectivity index (χ4n) is 3.00. The van der Waals surface area contributed by atoms with Gasteiger partial charge in [-0.15, -0.1) is 0 Å². The average Bonchev–Trinajstić information content (AvgIpc) is 2.48. The molecule has 20 heavy (non-hydrogen) atoms. The highest BCUT2D eigenvalue weighted by Gasteiger charge is 2.22. The quantitative estimate of drug-likeness (QED) is 0.895. The molecule has 1 aromatic carbocycles. The molecule has 0 radical (unpaired) electrons. The first-order valence-electron chi connectivity index (χ1n) is 7.83. The van der Waals surface area contributed by atoms with Gasteiger partial charge in [-0.3, -0.25) is 0 Å². The molecular formula is C17H29N3. The normalized spacial score (nSPS) is 19.4. The molecule has 1 aromatic rings. The van der Waals surface area contributed by atoms with Crippen molar-refractivity contribution in [2.24, 2.45) is 5.73 Å². The fourth-order valence-corrected chi connectivity index (χ4v) is 3.00. The third kappa shape index (κ3) is 4.05. The zero-order chi connectivity index (χ0) is 14.5. The molecule has 3 nitrogen and oxygen atoms in total. The van der Waals surface area contributed by atoms with Crippen LogP contribution in [0, 0.1) is 0 Å². The SMILES string of the molecule is CCc1ccc(C(N)CN2CCC(N(C)C)CC2)cc1. The standard InChI is InChI=1S/C17H29N3/c1-4-14-5-7-15(8-6-14)17(18)13-20-11-9-16(10-12-20)19(2)3/h5-8,16-17H,4,9-13,18H2,1-3H3. The number of piperidine rings is 1. The molecule has 1 atom stereocenters. The minimum Gasteiger partial charge on any atom is -0.323 e. The maximum absolute atomic E-state index is 6.36. The molecule has 1 fully saturated rings. The van der Waals surface area contributed by atoms with Gasteiger partial charge in [0.05, 0.1) is 0 Å². The van der Waals surface area contributed by atoms with Gasteiger partial charge < -0.3 is 15.5 Å². The van der Waals surface area contributed by atoms with Crippen LogP contribution < -0.4 is 5.73 Å². The van der Waals surface area contributed by atoms with Crippen LogP contribution in [0.5, 0.6) is 0 Å². The minimum absolute atomic E-state index is 0.136. The number of benzene rings is 1. The lowest BCUT2D eigenvalue weighted by atomic mass is 10.0. The topological polar surface area (TPSA) is 32.5 Å². The van der Waals surface area contributed by atoms with E-state index < -0.39 is 0 Å². The van der Waals surface area contributed by atoms with E-state index in [9.17, 15) is 0 Å². The van der Waals surface area contributed by atoms with Crippen LogP contribution in [0.1, 0.15) is 36.9 Å². The minimum atomic E-state index is 0.136. The molecule has 0 aliphatic carbocycles. The zero-order valence-corrected chi connectivity index (χ0v) is 13.2. The summed E-state index contributed by atoms with van der Waals surface area (Å²) in [6.07, 6.45) is 3.61. The molecule has 0 amide bonds. The number of hydrogen-bond acceptors (Lipinski definition) is 3. The molecule has 0 aromatic heterocycles. The Morgan fingerprint density at radius 3 is 2.30 bits per heavy atom. The largest absolute Gasteiger partial charge is 0.323 e. The summed E-state index contributed by atoms with van der Waals surface area (Å²) in [7, 11) is 4.36. The van der Waals surface area contributed by atoms with Crippen molar-refractivity contribution in [2.75, 3.05) is 33.7 Å². The van der Waals surface area contributed by atoms with Gasteiger partial charge in [-0.05, 0) is 57.6 Å². The Morgan fingerprint density at radius 2 is 1.80 bits per heavy atom. The van der Waals surface area contributed by atoms with Gasteiger partial charge in [0.2, 0.25) is 0 Å². The lowest BCUT2D eigenvalue weighted by molar-refractivity contribution is 0.139. The molecule has 1 aliphatic heterocycles. The molecule has 1 saturated heterocycles. The van der Waals surface area contributed by atoms with Gasteiger partial charge in [-0.25, -0.2) is 0 Å². The zero-order valence-electron chi connectivity index (χ0n) is 13.2. The van der Waals surface area contributed by atoms with Crippen molar-refractivity contribution in [3.63, 3.8) is 0 Å². The second kappa shape index (κ2) is 7.21. The number of aryl methyl sites for hydroxylation is 1. The Balaban J connectivity index is 1.84. The van der Waals surface area contributed by atoms with Gasteiger partial charge in [0.1, 0.15) is 0 Å². The highest BCUT2D eigenvalue weighted by atomic mass is 15.2. The molecule has 0 saturated carbocycles. The van der Waals surface area contributed by atoms with E-state index in [4.69, 9.17) is 5.73 Å². The summed E-state index contributed by atoms with van der Waals surface area (Å²) < 4.78 is 0. The van der Waals surface area contributed by atoms with Crippen molar-refractivity contribution in [3.05, 3.63) is 35.4 Å². The van der Waals surface area contributed by atoms with Gasteiger partial charge in [-0.1, -0.05) is 31.2 Å². The van der Waals surface area contributed by atoms with Gasteiger partial charge in [0.15, 0.2) is 0 Å². The van der Waals surface area contributed by atoms with Crippen LogP contribution in [0.3, 0.4) is 0 Å². The average molecular weight is 275 g/mol. The van der Waals surface area contributed by atoms with E-state index in [0.29, 0.717) is 0 Å². The van der Waals surface area contributed by atoms with E-state index in [1.807, 2.05) is 0 Å². The van der Waals surface area contributed by atoms with Crippen LogP contribution in [0.4, 0.5) is 0 Å². The summed E-state index contributed by atoms with van der Waals surface area (Å²) in [4.78, 5) is 4.86. The Labute approximate surface area is 123 Å². The highest BCUT2D eigenvalue weighted by molar-refractivity contribution is 5.25. The van der Waals surface area contributed by atoms with E-state index in [0.717, 1.165) is 19.0 Å². The first-order chi connectivity index (χ1) is 9.60. The van der Waals surface area contributed by atoms with Crippen molar-refractivity contribution < 1.29 is 0 Å². The molecule has 2 N–H and O–H groups in total. The Morgan fingerprint density at radius 1 is 1.20 bits per heavy atom. The van der Waals surface area contributed by atoms with Gasteiger partial charge in [0, 0.05) is 18.6 Å². The van der Waals surface area contributed by atoms with Crippen LogP contribution in [0.25, 0.3) is 0 Å². The van der Waals surface area contributed by atoms with Crippen LogP contribution in [0.15, 0.2) is 24.3 Å². The number of nitrogens with two attached hydrogens (primary N) is 1. The maximum atomic E-state index is 6.36. The molecule has 1 heterocycles. The van der Waals surface area contributed by atoms with Crippen molar-refractivity contribution in [1.82, 2.24) is 9.80 Å². The van der Waals surface area contributed by atoms with Crippen molar-refractivity contribution >= 4 is 0 Å². The third-order valence-corrected chi connectivity index (χ3v) is 4.56. The molecule has 112 valence electrons. The van der Waals surface area contributed by atoms with Crippen LogP contribution in [-0.2, 0) is 6.42 Å². The molecule has 3 heteroatoms. The van der Waals surface area contributed by atoms with Gasteiger partial charge in [-0.2, -0.15) is 0 Å². The molecule has 1 unspecified atom stereocenters. The smallest absolute Gasteiger partial charge is 0.0424 e. The van der Waals surface area contributed by atoms with E-state index in [1.165, 1.54) is 37.1 Å². The summed E-state index contributed by atoms with van der Waals surface area (Å²) in [5, 5.41) is 0. The lowest BCUT2D eigenvalue weighted by Gasteiger charge is -2.36. The first-order valence-corrected chi connectivity index (χ1v) is 7.83. The number of rotatable bonds is 5. The molecule has 0 spiro atoms. The van der Waals surface area contributed by atoms with Crippen molar-refractivity contribution in [1.29, 1.82) is 0 Å². The van der Waals surface area contributed by atoms with Gasteiger partial charge >= 0.3 is 0 Å². The second-order valence-corrected chi connectivity index (χ2v) is 6.20. The summed E-state index contributed by atoms with van der Waals surface area (Å²) in [6, 6.07) is 9.66. The lowest BCUT2D eigenvalue weighted by Crippen LogP contribution is -2.44. The molecule has 1 aliphatic rings. The predicted molar refractivity (Wildman–Crippen MR) is 85.9 cm³/mol. The highest BCUT2D eigenvalue weighted by Crippen LogP contribution is 2.18. The Bertz CT molecular complexity index is 391. The van der Waals surface area contributed by atoms with Crippen molar-refractivity contribution in [3.8, 4) is 0 Å². The maximum Gasteiger partial charge on any atom is 0.0424 e. The predicted octanol–water partition coefficient (Wildman–Crippen LogP) is 2.27. The van der Waals surface area contributed by atoms with E-state index >= 15 is 0 Å². The van der Waals surface area contributed by atoms with Gasteiger partial charge in [0.25, 0.3) is 0 Å². The molecule has 2 rings (SSSR count). The Hall–Kier alpha value is -0.900. The summed E-state index contributed by atoms with van der Waals surface area (Å²) in [5.41, 5.74) is 9.00. The molecule has 0 bridgehead atoms. The van der Waals surface area contributed by atoms with Crippen LogP contribution >= 0.6 is 0 Å². The Kier molecular flexibility index (Phi) is 5.58. The summed E-state index contributed by atoms with van der Waals surface area (Å²) >= 11 is 0. The monoisotopic (exact) mass is 275 g/mol. The second-order valence-electron chi connectivity index (χ2n) is 6.20. The van der Waals surface area contributed by atoms with E-state index in [2.05, 4.69) is 55.1 Å². The molecular weight excluding hydrogens is 246 g/mol. The number of likely N-dealkylation sites (tertiary alicyclic amines) is 1. The van der Waals surface area contributed by atoms with Crippen LogP contribution in [-0.4, -0.2) is 49.6 Å². The van der Waals surface area contributed by atoms with E-state index in [-0.39, 0.29) is 6.04 Å². The number of hydrogen-bond donors (Lipinski definition) is 1. The van der Waals surface area contributed by atoms with E-state index in [1.54, 1.807) is 0 Å². The van der Waals surface area contributed by atoms with Crippen LogP contribution in [0.2, 0.25) is 0 Å². The first kappa shape index (κ1) is 15.5. The fraction of sp³-hybridized carbons (Fsp3) is 0.647. The summed E-state index contributed by atoms with van der Waals surface area (Å²) in [5.74, 6) is 0. The van der Waals surface area contributed by atoms with Crippen molar-refractivity contribution in [2.45, 2.75) is 38.3 Å². The third-order valence-electron chi connectivity index (χ3n) is 4.56. The number of nitrogens with zero attached hydrogens (tertiary/aromatic N) is 2. The summed E-state index contributed by atoms with van der Waals surface area (Å²) in [6.45, 7) is 5.50.